The van der Waals surface area contributed by atoms with Crippen molar-refractivity contribution in [2.45, 2.75) is 46.0 Å². The quantitative estimate of drug-likeness (QED) is 0.176. The highest BCUT2D eigenvalue weighted by molar-refractivity contribution is 5.96. The number of aryl methyl sites for hydroxylation is 1. The Morgan fingerprint density at radius 3 is 2.23 bits per heavy atom. The lowest BCUT2D eigenvalue weighted by Gasteiger charge is -2.17. The van der Waals surface area contributed by atoms with E-state index in [9.17, 15) is 0 Å². The van der Waals surface area contributed by atoms with Crippen molar-refractivity contribution in [3.63, 3.8) is 0 Å². The Morgan fingerprint density at radius 2 is 1.49 bits per heavy atom. The minimum Gasteiger partial charge on any atom is -0.313 e. The van der Waals surface area contributed by atoms with E-state index in [0.29, 0.717) is 0 Å². The van der Waals surface area contributed by atoms with Crippen molar-refractivity contribution in [2.24, 2.45) is 0 Å². The molecule has 7 rings (SSSR count). The first-order valence-corrected chi connectivity index (χ1v) is 15.6. The average molecular weight is 559 g/mol. The standard InChI is InChI=1S/C41H38N2/c1-4-6-15-31(42-38-20-11-7-16-34(38)35-17-8-12-21-39(35)42)25-24-29(3)33-27-26-32(28-30(33)5-2)43-40-22-13-9-18-36(40)37-19-10-14-23-41(37)43/h4,6-11,13,15-20,22,24-28H,3,5,12,14,21,23H2,1-2H3/b6-4?,25-24-,31-15+. The number of fused-ring (bicyclic) bond motifs is 6. The zero-order chi connectivity index (χ0) is 29.3. The van der Waals surface area contributed by atoms with Crippen molar-refractivity contribution in [2.75, 3.05) is 0 Å². The SMILES string of the molecule is C=C(/C=C\C(=C/C=CC)n1c2c(c3ccccc31)C=CCC2)c1ccc(-n2c3c(c4ccccc42)C=CCC3)cc1CC. The summed E-state index contributed by atoms with van der Waals surface area (Å²) in [6, 6.07) is 24.5. The molecule has 2 aliphatic rings. The molecule has 0 atom stereocenters. The third-order valence-corrected chi connectivity index (χ3v) is 8.94. The van der Waals surface area contributed by atoms with Gasteiger partial charge in [0, 0.05) is 44.7 Å². The number of para-hydroxylation sites is 2. The van der Waals surface area contributed by atoms with Crippen LogP contribution in [0.1, 0.15) is 60.3 Å². The number of aromatic nitrogens is 2. The molecule has 0 amide bonds. The molecule has 3 aromatic carbocycles. The van der Waals surface area contributed by atoms with Gasteiger partial charge in [-0.2, -0.15) is 0 Å². The molecule has 0 fully saturated rings. The second-order valence-electron chi connectivity index (χ2n) is 11.5. The van der Waals surface area contributed by atoms with Crippen molar-refractivity contribution in [3.8, 4) is 5.69 Å². The Labute approximate surface area is 255 Å². The molecule has 0 N–H and O–H groups in total. The molecular weight excluding hydrogens is 520 g/mol. The van der Waals surface area contributed by atoms with Crippen LogP contribution in [0.3, 0.4) is 0 Å². The predicted octanol–water partition coefficient (Wildman–Crippen LogP) is 10.8. The zero-order valence-corrected chi connectivity index (χ0v) is 25.2. The van der Waals surface area contributed by atoms with Gasteiger partial charge in [-0.15, -0.1) is 0 Å². The Kier molecular flexibility index (Phi) is 7.20. The number of benzene rings is 3. The fourth-order valence-corrected chi connectivity index (χ4v) is 6.93. The fraction of sp³-hybridized carbons (Fsp3) is 0.171. The van der Waals surface area contributed by atoms with Gasteiger partial charge in [-0.3, -0.25) is 0 Å². The van der Waals surface area contributed by atoms with Crippen LogP contribution in [0.15, 0.2) is 116 Å². The van der Waals surface area contributed by atoms with Crippen LogP contribution in [-0.2, 0) is 19.3 Å². The number of nitrogens with zero attached hydrogens (tertiary/aromatic N) is 2. The largest absolute Gasteiger partial charge is 0.313 e. The summed E-state index contributed by atoms with van der Waals surface area (Å²) in [6.45, 7) is 8.87. The first-order chi connectivity index (χ1) is 21.2. The van der Waals surface area contributed by atoms with Crippen LogP contribution in [0, 0.1) is 0 Å². The van der Waals surface area contributed by atoms with Crippen molar-refractivity contribution < 1.29 is 0 Å². The lowest BCUT2D eigenvalue weighted by atomic mass is 9.97. The van der Waals surface area contributed by atoms with Gasteiger partial charge in [0.05, 0.1) is 11.0 Å². The molecule has 2 heteroatoms. The van der Waals surface area contributed by atoms with Crippen molar-refractivity contribution >= 4 is 45.2 Å². The summed E-state index contributed by atoms with van der Waals surface area (Å²) < 4.78 is 4.92. The van der Waals surface area contributed by atoms with Crippen LogP contribution >= 0.6 is 0 Å². The molecule has 0 aliphatic heterocycles. The maximum Gasteiger partial charge on any atom is 0.0537 e. The molecule has 0 radical (unpaired) electrons. The maximum absolute atomic E-state index is 4.56. The highest BCUT2D eigenvalue weighted by Crippen LogP contribution is 2.36. The number of hydrogen-bond donors (Lipinski definition) is 0. The van der Waals surface area contributed by atoms with Crippen LogP contribution in [0.4, 0.5) is 0 Å². The molecule has 0 saturated heterocycles. The number of rotatable bonds is 7. The molecule has 0 unspecified atom stereocenters. The maximum atomic E-state index is 4.56. The molecule has 0 saturated carbocycles. The van der Waals surface area contributed by atoms with Gasteiger partial charge in [0.2, 0.25) is 0 Å². The molecule has 0 bridgehead atoms. The Morgan fingerprint density at radius 1 is 0.814 bits per heavy atom. The molecule has 212 valence electrons. The summed E-state index contributed by atoms with van der Waals surface area (Å²) >= 11 is 0. The van der Waals surface area contributed by atoms with Gasteiger partial charge in [0.15, 0.2) is 0 Å². The summed E-state index contributed by atoms with van der Waals surface area (Å²) in [5.74, 6) is 0. The molecule has 0 spiro atoms. The van der Waals surface area contributed by atoms with Gasteiger partial charge < -0.3 is 9.13 Å². The second-order valence-corrected chi connectivity index (χ2v) is 11.5. The van der Waals surface area contributed by atoms with Gasteiger partial charge in [-0.05, 0) is 92.1 Å². The first kappa shape index (κ1) is 27.0. The summed E-state index contributed by atoms with van der Waals surface area (Å²) in [7, 11) is 0. The van der Waals surface area contributed by atoms with Crippen molar-refractivity contribution in [3.05, 3.63) is 149 Å². The van der Waals surface area contributed by atoms with Gasteiger partial charge in [-0.1, -0.05) is 98.5 Å². The van der Waals surface area contributed by atoms with E-state index in [-0.39, 0.29) is 0 Å². The molecular formula is C41H38N2. The van der Waals surface area contributed by atoms with E-state index in [2.05, 4.69) is 151 Å². The third-order valence-electron chi connectivity index (χ3n) is 8.94. The van der Waals surface area contributed by atoms with Crippen LogP contribution in [0.2, 0.25) is 0 Å². The Hall–Kier alpha value is -4.82. The number of allylic oxidation sites excluding steroid dienone is 9. The van der Waals surface area contributed by atoms with Gasteiger partial charge in [-0.25, -0.2) is 0 Å². The van der Waals surface area contributed by atoms with Crippen molar-refractivity contribution in [1.82, 2.24) is 9.13 Å². The summed E-state index contributed by atoms with van der Waals surface area (Å²) in [5.41, 5.74) is 14.0. The lowest BCUT2D eigenvalue weighted by molar-refractivity contribution is 0.887. The molecule has 2 aliphatic carbocycles. The highest BCUT2D eigenvalue weighted by atomic mass is 15.0. The smallest absolute Gasteiger partial charge is 0.0537 e. The highest BCUT2D eigenvalue weighted by Gasteiger charge is 2.20. The van der Waals surface area contributed by atoms with Crippen LogP contribution in [0.5, 0.6) is 0 Å². The minimum atomic E-state index is 0.945. The topological polar surface area (TPSA) is 9.86 Å². The zero-order valence-electron chi connectivity index (χ0n) is 25.2. The Balaban J connectivity index is 1.28. The van der Waals surface area contributed by atoms with E-state index in [0.717, 1.165) is 43.4 Å². The second kappa shape index (κ2) is 11.5. The normalized spacial score (nSPS) is 14.8. The van der Waals surface area contributed by atoms with Crippen LogP contribution in [-0.4, -0.2) is 9.13 Å². The molecule has 43 heavy (non-hydrogen) atoms. The predicted molar refractivity (Wildman–Crippen MR) is 187 cm³/mol. The van der Waals surface area contributed by atoms with E-state index in [4.69, 9.17) is 0 Å². The molecule has 2 nitrogen and oxygen atoms in total. The van der Waals surface area contributed by atoms with E-state index in [1.165, 1.54) is 61.1 Å². The third kappa shape index (κ3) is 4.68. The van der Waals surface area contributed by atoms with Gasteiger partial charge >= 0.3 is 0 Å². The van der Waals surface area contributed by atoms with Gasteiger partial charge in [0.1, 0.15) is 0 Å². The number of hydrogen-bond acceptors (Lipinski definition) is 0. The minimum absolute atomic E-state index is 0.945. The van der Waals surface area contributed by atoms with Gasteiger partial charge in [0.25, 0.3) is 0 Å². The van der Waals surface area contributed by atoms with E-state index < -0.39 is 0 Å². The fourth-order valence-electron chi connectivity index (χ4n) is 6.93. The first-order valence-electron chi connectivity index (χ1n) is 15.6. The van der Waals surface area contributed by atoms with Crippen LogP contribution in [0.25, 0.3) is 50.9 Å². The Bertz CT molecular complexity index is 2030. The molecule has 5 aromatic rings. The van der Waals surface area contributed by atoms with E-state index in [1.54, 1.807) is 0 Å². The molecule has 2 aromatic heterocycles. The van der Waals surface area contributed by atoms with Crippen LogP contribution < -0.4 is 0 Å². The van der Waals surface area contributed by atoms with E-state index in [1.807, 2.05) is 0 Å². The summed E-state index contributed by atoms with van der Waals surface area (Å²) in [5, 5.41) is 2.64. The summed E-state index contributed by atoms with van der Waals surface area (Å²) in [4.78, 5) is 0. The monoisotopic (exact) mass is 558 g/mol. The molecule has 2 heterocycles. The summed E-state index contributed by atoms with van der Waals surface area (Å²) in [6.07, 6.45) is 25.3. The average Bonchev–Trinajstić information content (AvgIpc) is 3.58. The van der Waals surface area contributed by atoms with Crippen molar-refractivity contribution in [1.29, 1.82) is 0 Å². The lowest BCUT2D eigenvalue weighted by Crippen LogP contribution is -2.04. The van der Waals surface area contributed by atoms with E-state index >= 15 is 0 Å².